The monoisotopic (exact) mass is 266 g/mol. The van der Waals surface area contributed by atoms with Gasteiger partial charge in [0, 0.05) is 17.1 Å². The third-order valence-electron chi connectivity index (χ3n) is 3.67. The van der Waals surface area contributed by atoms with Gasteiger partial charge in [-0.25, -0.2) is 0 Å². The summed E-state index contributed by atoms with van der Waals surface area (Å²) < 4.78 is 0. The maximum absolute atomic E-state index is 6.29. The molecular formula is C15H23ClN2. The molecule has 1 aliphatic rings. The van der Waals surface area contributed by atoms with Gasteiger partial charge in [-0.05, 0) is 51.0 Å². The molecule has 0 bridgehead atoms. The van der Waals surface area contributed by atoms with Crippen LogP contribution in [0.3, 0.4) is 0 Å². The number of hydrogen-bond acceptors (Lipinski definition) is 2. The van der Waals surface area contributed by atoms with Crippen LogP contribution >= 0.6 is 11.6 Å². The second-order valence-electron chi connectivity index (χ2n) is 5.13. The Morgan fingerprint density at radius 2 is 2.11 bits per heavy atom. The van der Waals surface area contributed by atoms with E-state index in [4.69, 9.17) is 11.6 Å². The fourth-order valence-electron chi connectivity index (χ4n) is 2.40. The van der Waals surface area contributed by atoms with E-state index in [1.165, 1.54) is 18.4 Å². The summed E-state index contributed by atoms with van der Waals surface area (Å²) in [6, 6.07) is 9.36. The highest BCUT2D eigenvalue weighted by molar-refractivity contribution is 6.31. The van der Waals surface area contributed by atoms with Crippen LogP contribution in [-0.4, -0.2) is 31.1 Å². The van der Waals surface area contributed by atoms with Crippen molar-refractivity contribution in [1.29, 1.82) is 0 Å². The average molecular weight is 267 g/mol. The Morgan fingerprint density at radius 1 is 1.39 bits per heavy atom. The van der Waals surface area contributed by atoms with E-state index in [-0.39, 0.29) is 0 Å². The van der Waals surface area contributed by atoms with Crippen LogP contribution in [0.15, 0.2) is 24.3 Å². The van der Waals surface area contributed by atoms with Gasteiger partial charge in [-0.3, -0.25) is 0 Å². The van der Waals surface area contributed by atoms with Crippen molar-refractivity contribution in [2.24, 2.45) is 0 Å². The van der Waals surface area contributed by atoms with Crippen LogP contribution in [0, 0.1) is 0 Å². The van der Waals surface area contributed by atoms with Crippen molar-refractivity contribution >= 4 is 11.6 Å². The number of benzene rings is 1. The van der Waals surface area contributed by atoms with E-state index in [1.54, 1.807) is 0 Å². The van der Waals surface area contributed by atoms with E-state index < -0.39 is 0 Å². The van der Waals surface area contributed by atoms with E-state index in [2.05, 4.69) is 36.3 Å². The lowest BCUT2D eigenvalue weighted by atomic mass is 10.0. The first-order valence-corrected chi connectivity index (χ1v) is 7.28. The van der Waals surface area contributed by atoms with Gasteiger partial charge in [0.1, 0.15) is 0 Å². The van der Waals surface area contributed by atoms with Crippen molar-refractivity contribution in [2.45, 2.75) is 38.3 Å². The lowest BCUT2D eigenvalue weighted by Gasteiger charge is -2.23. The summed E-state index contributed by atoms with van der Waals surface area (Å²) in [6.07, 6.45) is 3.85. The highest BCUT2D eigenvalue weighted by Gasteiger charge is 2.26. The quantitative estimate of drug-likeness (QED) is 0.813. The van der Waals surface area contributed by atoms with Crippen LogP contribution in [0.25, 0.3) is 0 Å². The Bertz CT molecular complexity index is 377. The molecule has 100 valence electrons. The van der Waals surface area contributed by atoms with Crippen LogP contribution in [0.1, 0.15) is 37.8 Å². The minimum absolute atomic E-state index is 0.366. The molecule has 2 nitrogen and oxygen atoms in total. The number of nitrogens with zero attached hydrogens (tertiary/aromatic N) is 1. The normalized spacial score (nSPS) is 17.1. The van der Waals surface area contributed by atoms with E-state index in [0.717, 1.165) is 30.6 Å². The fourth-order valence-corrected chi connectivity index (χ4v) is 2.67. The largest absolute Gasteiger partial charge is 0.310 e. The first-order valence-electron chi connectivity index (χ1n) is 6.90. The van der Waals surface area contributed by atoms with Crippen molar-refractivity contribution in [3.8, 4) is 0 Å². The summed E-state index contributed by atoms with van der Waals surface area (Å²) >= 11 is 6.29. The van der Waals surface area contributed by atoms with Crippen molar-refractivity contribution in [1.82, 2.24) is 10.2 Å². The molecule has 1 atom stereocenters. The van der Waals surface area contributed by atoms with E-state index in [1.807, 2.05) is 12.1 Å². The molecule has 0 saturated heterocycles. The molecule has 2 rings (SSSR count). The van der Waals surface area contributed by atoms with E-state index in [9.17, 15) is 0 Å². The van der Waals surface area contributed by atoms with Crippen molar-refractivity contribution in [3.05, 3.63) is 34.9 Å². The summed E-state index contributed by atoms with van der Waals surface area (Å²) in [6.45, 7) is 4.25. The Morgan fingerprint density at radius 3 is 2.72 bits per heavy atom. The number of halogens is 1. The summed E-state index contributed by atoms with van der Waals surface area (Å²) in [5.41, 5.74) is 1.23. The zero-order valence-electron chi connectivity index (χ0n) is 11.3. The SMILES string of the molecule is CCNC(CCN(C)C1CC1)c1ccccc1Cl. The Hall–Kier alpha value is -0.570. The Labute approximate surface area is 115 Å². The molecule has 1 N–H and O–H groups in total. The maximum atomic E-state index is 6.29. The standard InChI is InChI=1S/C15H23ClN2/c1-3-17-15(10-11-18(2)12-8-9-12)13-6-4-5-7-14(13)16/h4-7,12,15,17H,3,8-11H2,1-2H3. The second-order valence-corrected chi connectivity index (χ2v) is 5.54. The smallest absolute Gasteiger partial charge is 0.0453 e. The number of nitrogens with one attached hydrogen (secondary N) is 1. The predicted octanol–water partition coefficient (Wildman–Crippen LogP) is 3.47. The van der Waals surface area contributed by atoms with Crippen molar-refractivity contribution < 1.29 is 0 Å². The van der Waals surface area contributed by atoms with E-state index >= 15 is 0 Å². The number of rotatable bonds is 7. The van der Waals surface area contributed by atoms with Crippen LogP contribution in [0.5, 0.6) is 0 Å². The first kappa shape index (κ1) is 13.9. The van der Waals surface area contributed by atoms with Crippen LogP contribution < -0.4 is 5.32 Å². The predicted molar refractivity (Wildman–Crippen MR) is 78.1 cm³/mol. The highest BCUT2D eigenvalue weighted by atomic mass is 35.5. The second kappa shape index (κ2) is 6.55. The lowest BCUT2D eigenvalue weighted by Crippen LogP contribution is -2.28. The van der Waals surface area contributed by atoms with Gasteiger partial charge in [-0.1, -0.05) is 36.7 Å². The fraction of sp³-hybridized carbons (Fsp3) is 0.600. The van der Waals surface area contributed by atoms with E-state index in [0.29, 0.717) is 6.04 Å². The zero-order chi connectivity index (χ0) is 13.0. The molecule has 3 heteroatoms. The Balaban J connectivity index is 1.96. The molecule has 0 amide bonds. The molecule has 1 saturated carbocycles. The molecule has 1 unspecified atom stereocenters. The summed E-state index contributed by atoms with van der Waals surface area (Å²) in [7, 11) is 2.23. The molecule has 0 aromatic heterocycles. The van der Waals surface area contributed by atoms with Gasteiger partial charge in [-0.15, -0.1) is 0 Å². The summed E-state index contributed by atoms with van der Waals surface area (Å²) in [4.78, 5) is 2.47. The summed E-state index contributed by atoms with van der Waals surface area (Å²) in [5, 5.41) is 4.42. The van der Waals surface area contributed by atoms with Crippen molar-refractivity contribution in [3.63, 3.8) is 0 Å². The van der Waals surface area contributed by atoms with Crippen LogP contribution in [-0.2, 0) is 0 Å². The molecule has 0 radical (unpaired) electrons. The number of hydrogen-bond donors (Lipinski definition) is 1. The third kappa shape index (κ3) is 3.71. The van der Waals surface area contributed by atoms with Crippen LogP contribution in [0.2, 0.25) is 5.02 Å². The molecule has 1 aromatic rings. The molecular weight excluding hydrogens is 244 g/mol. The highest BCUT2D eigenvalue weighted by Crippen LogP contribution is 2.28. The van der Waals surface area contributed by atoms with Gasteiger partial charge in [0.25, 0.3) is 0 Å². The minimum atomic E-state index is 0.366. The molecule has 0 heterocycles. The zero-order valence-corrected chi connectivity index (χ0v) is 12.1. The lowest BCUT2D eigenvalue weighted by molar-refractivity contribution is 0.299. The molecule has 1 aliphatic carbocycles. The minimum Gasteiger partial charge on any atom is -0.310 e. The van der Waals surface area contributed by atoms with Gasteiger partial charge < -0.3 is 10.2 Å². The Kier molecular flexibility index (Phi) is 5.04. The van der Waals surface area contributed by atoms with Crippen molar-refractivity contribution in [2.75, 3.05) is 20.1 Å². The average Bonchev–Trinajstić information content (AvgIpc) is 3.19. The molecule has 0 spiro atoms. The van der Waals surface area contributed by atoms with Gasteiger partial charge in [-0.2, -0.15) is 0 Å². The third-order valence-corrected chi connectivity index (χ3v) is 4.02. The molecule has 1 fully saturated rings. The van der Waals surface area contributed by atoms with Gasteiger partial charge in [0.15, 0.2) is 0 Å². The van der Waals surface area contributed by atoms with Gasteiger partial charge >= 0.3 is 0 Å². The van der Waals surface area contributed by atoms with Gasteiger partial charge in [0.05, 0.1) is 0 Å². The molecule has 0 aliphatic heterocycles. The summed E-state index contributed by atoms with van der Waals surface area (Å²) in [5.74, 6) is 0. The van der Waals surface area contributed by atoms with Crippen LogP contribution in [0.4, 0.5) is 0 Å². The molecule has 18 heavy (non-hydrogen) atoms. The first-order chi connectivity index (χ1) is 8.72. The maximum Gasteiger partial charge on any atom is 0.0453 e. The topological polar surface area (TPSA) is 15.3 Å². The van der Waals surface area contributed by atoms with Gasteiger partial charge in [0.2, 0.25) is 0 Å². The molecule has 1 aromatic carbocycles.